The molecule has 1 unspecified atom stereocenters. The third-order valence-corrected chi connectivity index (χ3v) is 3.48. The van der Waals surface area contributed by atoms with Crippen LogP contribution in [0.1, 0.15) is 49.8 Å². The van der Waals surface area contributed by atoms with Gasteiger partial charge in [-0.1, -0.05) is 38.1 Å². The van der Waals surface area contributed by atoms with Gasteiger partial charge in [0.15, 0.2) is 0 Å². The first-order chi connectivity index (χ1) is 7.59. The minimum absolute atomic E-state index is 0.262. The van der Waals surface area contributed by atoms with Gasteiger partial charge >= 0.3 is 0 Å². The molecule has 2 rings (SSSR count). The first-order valence-corrected chi connectivity index (χ1v) is 5.95. The van der Waals surface area contributed by atoms with Crippen molar-refractivity contribution in [3.05, 3.63) is 35.4 Å². The van der Waals surface area contributed by atoms with Crippen LogP contribution in [0.25, 0.3) is 0 Å². The molecule has 1 saturated heterocycles. The highest BCUT2D eigenvalue weighted by molar-refractivity contribution is 5.78. The van der Waals surface area contributed by atoms with Crippen LogP contribution in [-0.4, -0.2) is 17.9 Å². The van der Waals surface area contributed by atoms with Gasteiger partial charge in [0, 0.05) is 13.5 Å². The Bertz CT molecular complexity index is 380. The predicted octanol–water partition coefficient (Wildman–Crippen LogP) is 3.10. The van der Waals surface area contributed by atoms with Crippen molar-refractivity contribution in [3.63, 3.8) is 0 Å². The van der Waals surface area contributed by atoms with Crippen molar-refractivity contribution in [1.29, 1.82) is 0 Å². The average Bonchev–Trinajstić information content (AvgIpc) is 2.60. The van der Waals surface area contributed by atoms with Crippen LogP contribution in [0.5, 0.6) is 0 Å². The van der Waals surface area contributed by atoms with Crippen LogP contribution in [0, 0.1) is 0 Å². The molecule has 1 atom stereocenters. The second-order valence-electron chi connectivity index (χ2n) is 4.88. The van der Waals surface area contributed by atoms with Crippen molar-refractivity contribution in [3.8, 4) is 0 Å². The molecule has 0 spiro atoms. The summed E-state index contributed by atoms with van der Waals surface area (Å²) in [5, 5.41) is 0. The van der Waals surface area contributed by atoms with E-state index in [-0.39, 0.29) is 11.9 Å². The summed E-state index contributed by atoms with van der Waals surface area (Å²) in [6, 6.07) is 8.96. The first kappa shape index (κ1) is 11.2. The predicted molar refractivity (Wildman–Crippen MR) is 65.3 cm³/mol. The van der Waals surface area contributed by atoms with Crippen LogP contribution < -0.4 is 0 Å². The molecule has 2 nitrogen and oxygen atoms in total. The van der Waals surface area contributed by atoms with Gasteiger partial charge in [-0.15, -0.1) is 0 Å². The third kappa shape index (κ3) is 1.97. The highest BCUT2D eigenvalue weighted by Crippen LogP contribution is 2.31. The second-order valence-corrected chi connectivity index (χ2v) is 4.88. The monoisotopic (exact) mass is 217 g/mol. The molecule has 1 heterocycles. The highest BCUT2D eigenvalue weighted by atomic mass is 16.2. The maximum Gasteiger partial charge on any atom is 0.222 e. The van der Waals surface area contributed by atoms with Crippen molar-refractivity contribution in [2.45, 2.75) is 38.6 Å². The molecule has 0 saturated carbocycles. The van der Waals surface area contributed by atoms with E-state index in [9.17, 15) is 4.79 Å². The highest BCUT2D eigenvalue weighted by Gasteiger charge is 2.28. The molecule has 1 aliphatic rings. The molecular weight excluding hydrogens is 198 g/mol. The number of amides is 1. The van der Waals surface area contributed by atoms with E-state index in [4.69, 9.17) is 0 Å². The second kappa shape index (κ2) is 4.28. The Balaban J connectivity index is 2.19. The van der Waals surface area contributed by atoms with Gasteiger partial charge in [0.05, 0.1) is 6.04 Å². The van der Waals surface area contributed by atoms with E-state index in [1.54, 1.807) is 0 Å². The molecule has 0 radical (unpaired) electrons. The van der Waals surface area contributed by atoms with E-state index in [0.717, 1.165) is 6.42 Å². The summed E-state index contributed by atoms with van der Waals surface area (Å²) in [5.74, 6) is 0.829. The van der Waals surface area contributed by atoms with E-state index in [1.807, 2.05) is 11.9 Å². The Labute approximate surface area is 97.3 Å². The van der Waals surface area contributed by atoms with E-state index >= 15 is 0 Å². The molecule has 1 aromatic rings. The molecule has 0 aliphatic carbocycles. The van der Waals surface area contributed by atoms with Crippen LogP contribution in [0.15, 0.2) is 24.3 Å². The number of carbonyl (C=O) groups excluding carboxylic acids is 1. The summed E-state index contributed by atoms with van der Waals surface area (Å²) in [6.45, 7) is 4.39. The number of carbonyl (C=O) groups is 1. The van der Waals surface area contributed by atoms with Gasteiger partial charge in [0.1, 0.15) is 0 Å². The van der Waals surface area contributed by atoms with Crippen molar-refractivity contribution >= 4 is 5.91 Å². The molecule has 1 amide bonds. The number of nitrogens with zero attached hydrogens (tertiary/aromatic N) is 1. The number of likely N-dealkylation sites (tertiary alicyclic amines) is 1. The topological polar surface area (TPSA) is 20.3 Å². The molecule has 16 heavy (non-hydrogen) atoms. The standard InChI is InChI=1S/C14H19NO/c1-10(2)11-4-6-12(7-5-11)13-8-9-14(16)15(13)3/h4-7,10,13H,8-9H2,1-3H3. The quantitative estimate of drug-likeness (QED) is 0.745. The van der Waals surface area contributed by atoms with Crippen LogP contribution in [0.4, 0.5) is 0 Å². The molecule has 2 heteroatoms. The maximum atomic E-state index is 11.5. The first-order valence-electron chi connectivity index (χ1n) is 5.95. The zero-order valence-electron chi connectivity index (χ0n) is 10.2. The molecular formula is C14H19NO. The molecule has 1 aromatic carbocycles. The fourth-order valence-corrected chi connectivity index (χ4v) is 2.30. The van der Waals surface area contributed by atoms with Crippen molar-refractivity contribution < 1.29 is 4.79 Å². The van der Waals surface area contributed by atoms with Crippen molar-refractivity contribution in [1.82, 2.24) is 4.90 Å². The average molecular weight is 217 g/mol. The lowest BCUT2D eigenvalue weighted by Crippen LogP contribution is -2.22. The molecule has 0 bridgehead atoms. The minimum atomic E-state index is 0.262. The van der Waals surface area contributed by atoms with Gasteiger partial charge in [0.25, 0.3) is 0 Å². The van der Waals surface area contributed by atoms with Gasteiger partial charge in [-0.3, -0.25) is 4.79 Å². The van der Waals surface area contributed by atoms with Gasteiger partial charge in [-0.05, 0) is 23.5 Å². The van der Waals surface area contributed by atoms with E-state index in [1.165, 1.54) is 11.1 Å². The molecule has 1 fully saturated rings. The van der Waals surface area contributed by atoms with E-state index in [2.05, 4.69) is 38.1 Å². The zero-order valence-corrected chi connectivity index (χ0v) is 10.2. The normalized spacial score (nSPS) is 20.9. The number of hydrogen-bond acceptors (Lipinski definition) is 1. The van der Waals surface area contributed by atoms with Crippen LogP contribution in [-0.2, 0) is 4.79 Å². The molecule has 86 valence electrons. The lowest BCUT2D eigenvalue weighted by Gasteiger charge is -2.20. The summed E-state index contributed by atoms with van der Waals surface area (Å²) < 4.78 is 0. The van der Waals surface area contributed by atoms with Crippen LogP contribution >= 0.6 is 0 Å². The fourth-order valence-electron chi connectivity index (χ4n) is 2.30. The molecule has 0 aromatic heterocycles. The van der Waals surface area contributed by atoms with Gasteiger partial charge in [-0.2, -0.15) is 0 Å². The minimum Gasteiger partial charge on any atom is -0.339 e. The Morgan fingerprint density at radius 2 is 1.88 bits per heavy atom. The zero-order chi connectivity index (χ0) is 11.7. The van der Waals surface area contributed by atoms with E-state index in [0.29, 0.717) is 12.3 Å². The Hall–Kier alpha value is -1.31. The fraction of sp³-hybridized carbons (Fsp3) is 0.500. The SMILES string of the molecule is CC(C)c1ccc(C2CCC(=O)N2C)cc1. The van der Waals surface area contributed by atoms with Gasteiger partial charge < -0.3 is 4.90 Å². The van der Waals surface area contributed by atoms with Crippen LogP contribution in [0.2, 0.25) is 0 Å². The van der Waals surface area contributed by atoms with Gasteiger partial charge in [-0.25, -0.2) is 0 Å². The summed E-state index contributed by atoms with van der Waals surface area (Å²) in [4.78, 5) is 13.3. The third-order valence-electron chi connectivity index (χ3n) is 3.48. The van der Waals surface area contributed by atoms with Crippen molar-refractivity contribution in [2.75, 3.05) is 7.05 Å². The summed E-state index contributed by atoms with van der Waals surface area (Å²) in [5.41, 5.74) is 2.62. The number of rotatable bonds is 2. The lowest BCUT2D eigenvalue weighted by molar-refractivity contribution is -0.127. The smallest absolute Gasteiger partial charge is 0.222 e. The summed E-state index contributed by atoms with van der Waals surface area (Å²) in [6.07, 6.45) is 1.64. The maximum absolute atomic E-state index is 11.5. The van der Waals surface area contributed by atoms with Gasteiger partial charge in [0.2, 0.25) is 5.91 Å². The Morgan fingerprint density at radius 3 is 2.31 bits per heavy atom. The van der Waals surface area contributed by atoms with Crippen molar-refractivity contribution in [2.24, 2.45) is 0 Å². The van der Waals surface area contributed by atoms with Crippen LogP contribution in [0.3, 0.4) is 0 Å². The summed E-state index contributed by atoms with van der Waals surface area (Å²) >= 11 is 0. The molecule has 0 N–H and O–H groups in total. The lowest BCUT2D eigenvalue weighted by atomic mass is 9.98. The number of benzene rings is 1. The largest absolute Gasteiger partial charge is 0.339 e. The summed E-state index contributed by atoms with van der Waals surface area (Å²) in [7, 11) is 1.90. The Kier molecular flexibility index (Phi) is 2.99. The van der Waals surface area contributed by atoms with E-state index < -0.39 is 0 Å². The molecule has 1 aliphatic heterocycles. The Morgan fingerprint density at radius 1 is 1.25 bits per heavy atom. The number of hydrogen-bond donors (Lipinski definition) is 0.